The molecule has 0 radical (unpaired) electrons. The third kappa shape index (κ3) is 2.23. The molecule has 0 aromatic heterocycles. The van der Waals surface area contributed by atoms with Gasteiger partial charge in [0.25, 0.3) is 0 Å². The number of piperidine rings is 1. The highest BCUT2D eigenvalue weighted by Crippen LogP contribution is 2.26. The van der Waals surface area contributed by atoms with Gasteiger partial charge in [0.05, 0.1) is 0 Å². The van der Waals surface area contributed by atoms with Gasteiger partial charge in [0.1, 0.15) is 0 Å². The van der Waals surface area contributed by atoms with Crippen molar-refractivity contribution in [3.8, 4) is 0 Å². The lowest BCUT2D eigenvalue weighted by Gasteiger charge is -2.40. The summed E-state index contributed by atoms with van der Waals surface area (Å²) < 4.78 is 0. The van der Waals surface area contributed by atoms with Gasteiger partial charge in [-0.25, -0.2) is 0 Å². The third-order valence-electron chi connectivity index (χ3n) is 3.64. The molecule has 0 spiro atoms. The summed E-state index contributed by atoms with van der Waals surface area (Å²) in [6.07, 6.45) is 4.15. The van der Waals surface area contributed by atoms with Crippen molar-refractivity contribution in [1.82, 2.24) is 10.2 Å². The number of nitrogens with one attached hydrogen (secondary N) is 1. The highest BCUT2D eigenvalue weighted by atomic mass is 15.2. The van der Waals surface area contributed by atoms with Crippen molar-refractivity contribution in [3.05, 3.63) is 0 Å². The van der Waals surface area contributed by atoms with E-state index in [-0.39, 0.29) is 0 Å². The predicted molar refractivity (Wildman–Crippen MR) is 55.8 cm³/mol. The van der Waals surface area contributed by atoms with Crippen LogP contribution in [0.5, 0.6) is 0 Å². The first-order valence-electron chi connectivity index (χ1n) is 5.63. The zero-order valence-electron chi connectivity index (χ0n) is 9.09. The van der Waals surface area contributed by atoms with Gasteiger partial charge < -0.3 is 10.2 Å². The SMILES string of the molecule is C[C@@H]1CN(C)[C@H](C)C[C@H]1NC1CC1. The van der Waals surface area contributed by atoms with Gasteiger partial charge in [-0.1, -0.05) is 6.92 Å². The van der Waals surface area contributed by atoms with Crippen molar-refractivity contribution >= 4 is 0 Å². The number of hydrogen-bond donors (Lipinski definition) is 1. The Kier molecular flexibility index (Phi) is 2.61. The van der Waals surface area contributed by atoms with Crippen molar-refractivity contribution in [2.75, 3.05) is 13.6 Å². The zero-order valence-corrected chi connectivity index (χ0v) is 9.09. The van der Waals surface area contributed by atoms with Crippen molar-refractivity contribution in [2.24, 2.45) is 5.92 Å². The summed E-state index contributed by atoms with van der Waals surface area (Å²) in [6.45, 7) is 5.97. The average molecular weight is 182 g/mol. The quantitative estimate of drug-likeness (QED) is 0.695. The molecule has 0 bridgehead atoms. The molecule has 2 heteroatoms. The standard InChI is InChI=1S/C11H22N2/c1-8-7-13(3)9(2)6-11(8)12-10-4-5-10/h8-12H,4-7H2,1-3H3/t8-,9-,11-/m1/s1. The van der Waals surface area contributed by atoms with Crippen molar-refractivity contribution in [3.63, 3.8) is 0 Å². The molecule has 76 valence electrons. The minimum absolute atomic E-state index is 0.757. The van der Waals surface area contributed by atoms with E-state index >= 15 is 0 Å². The Hall–Kier alpha value is -0.0800. The molecule has 1 saturated carbocycles. The topological polar surface area (TPSA) is 15.3 Å². The molecule has 1 aliphatic heterocycles. The maximum atomic E-state index is 3.77. The van der Waals surface area contributed by atoms with Crippen molar-refractivity contribution < 1.29 is 0 Å². The van der Waals surface area contributed by atoms with E-state index < -0.39 is 0 Å². The third-order valence-corrected chi connectivity index (χ3v) is 3.64. The van der Waals surface area contributed by atoms with Crippen LogP contribution >= 0.6 is 0 Å². The van der Waals surface area contributed by atoms with Gasteiger partial charge in [-0.05, 0) is 39.2 Å². The molecule has 3 atom stereocenters. The van der Waals surface area contributed by atoms with E-state index in [0.29, 0.717) is 0 Å². The van der Waals surface area contributed by atoms with Gasteiger partial charge in [0.15, 0.2) is 0 Å². The smallest absolute Gasteiger partial charge is 0.0122 e. The Balaban J connectivity index is 1.86. The van der Waals surface area contributed by atoms with Gasteiger partial charge in [-0.2, -0.15) is 0 Å². The maximum Gasteiger partial charge on any atom is 0.0122 e. The Bertz CT molecular complexity index is 177. The van der Waals surface area contributed by atoms with Crippen LogP contribution < -0.4 is 5.32 Å². The van der Waals surface area contributed by atoms with Crippen LogP contribution in [0.3, 0.4) is 0 Å². The molecule has 0 aromatic rings. The molecule has 1 saturated heterocycles. The molecular formula is C11H22N2. The van der Waals surface area contributed by atoms with Crippen LogP contribution in [0.15, 0.2) is 0 Å². The molecule has 1 heterocycles. The summed E-state index contributed by atoms with van der Waals surface area (Å²) in [7, 11) is 2.24. The first kappa shape index (κ1) is 9.47. The van der Waals surface area contributed by atoms with Crippen LogP contribution in [0.2, 0.25) is 0 Å². The summed E-state index contributed by atoms with van der Waals surface area (Å²) in [4.78, 5) is 2.48. The summed E-state index contributed by atoms with van der Waals surface area (Å²) in [5.74, 6) is 0.821. The number of rotatable bonds is 2. The molecule has 13 heavy (non-hydrogen) atoms. The van der Waals surface area contributed by atoms with E-state index in [4.69, 9.17) is 0 Å². The largest absolute Gasteiger partial charge is 0.311 e. The Morgan fingerprint density at radius 2 is 1.92 bits per heavy atom. The fraction of sp³-hybridized carbons (Fsp3) is 1.00. The van der Waals surface area contributed by atoms with Crippen LogP contribution in [-0.2, 0) is 0 Å². The fourth-order valence-corrected chi connectivity index (χ4v) is 2.33. The average Bonchev–Trinajstić information content (AvgIpc) is 2.84. The lowest BCUT2D eigenvalue weighted by molar-refractivity contribution is 0.121. The normalized spacial score (nSPS) is 42.2. The van der Waals surface area contributed by atoms with Gasteiger partial charge >= 0.3 is 0 Å². The Labute approximate surface area is 81.7 Å². The van der Waals surface area contributed by atoms with Crippen LogP contribution in [-0.4, -0.2) is 36.6 Å². The van der Waals surface area contributed by atoms with Crippen LogP contribution in [0, 0.1) is 5.92 Å². The highest BCUT2D eigenvalue weighted by Gasteiger charge is 2.32. The van der Waals surface area contributed by atoms with E-state index in [1.54, 1.807) is 0 Å². The second-order valence-electron chi connectivity index (χ2n) is 5.05. The second kappa shape index (κ2) is 3.58. The van der Waals surface area contributed by atoms with Crippen LogP contribution in [0.1, 0.15) is 33.1 Å². The minimum Gasteiger partial charge on any atom is -0.311 e. The van der Waals surface area contributed by atoms with E-state index in [9.17, 15) is 0 Å². The zero-order chi connectivity index (χ0) is 9.42. The van der Waals surface area contributed by atoms with E-state index in [2.05, 4.69) is 31.1 Å². The maximum absolute atomic E-state index is 3.77. The first-order valence-corrected chi connectivity index (χ1v) is 5.63. The summed E-state index contributed by atoms with van der Waals surface area (Å²) >= 11 is 0. The van der Waals surface area contributed by atoms with Gasteiger partial charge in [-0.3, -0.25) is 0 Å². The monoisotopic (exact) mass is 182 g/mol. The Morgan fingerprint density at radius 1 is 1.23 bits per heavy atom. The fourth-order valence-electron chi connectivity index (χ4n) is 2.33. The van der Waals surface area contributed by atoms with Crippen molar-refractivity contribution in [2.45, 2.75) is 51.2 Å². The predicted octanol–water partition coefficient (Wildman–Crippen LogP) is 1.47. The van der Waals surface area contributed by atoms with E-state index in [0.717, 1.165) is 24.0 Å². The molecule has 2 nitrogen and oxygen atoms in total. The van der Waals surface area contributed by atoms with E-state index in [1.807, 2.05) is 0 Å². The molecule has 1 aliphatic carbocycles. The van der Waals surface area contributed by atoms with Crippen molar-refractivity contribution in [1.29, 1.82) is 0 Å². The molecule has 0 aromatic carbocycles. The Morgan fingerprint density at radius 3 is 2.54 bits per heavy atom. The molecule has 2 fully saturated rings. The van der Waals surface area contributed by atoms with Gasteiger partial charge in [-0.15, -0.1) is 0 Å². The molecule has 0 unspecified atom stereocenters. The summed E-state index contributed by atoms with van der Waals surface area (Å²) in [5, 5.41) is 3.77. The van der Waals surface area contributed by atoms with E-state index in [1.165, 1.54) is 25.8 Å². The second-order valence-corrected chi connectivity index (χ2v) is 5.05. The number of likely N-dealkylation sites (tertiary alicyclic amines) is 1. The summed E-state index contributed by atoms with van der Waals surface area (Å²) in [5.41, 5.74) is 0. The lowest BCUT2D eigenvalue weighted by atomic mass is 9.90. The minimum atomic E-state index is 0.757. The molecular weight excluding hydrogens is 160 g/mol. The molecule has 1 N–H and O–H groups in total. The van der Waals surface area contributed by atoms with Crippen LogP contribution in [0.4, 0.5) is 0 Å². The van der Waals surface area contributed by atoms with Gasteiger partial charge in [0, 0.05) is 24.7 Å². The number of nitrogens with zero attached hydrogens (tertiary/aromatic N) is 1. The van der Waals surface area contributed by atoms with Crippen LogP contribution in [0.25, 0.3) is 0 Å². The molecule has 2 aliphatic rings. The first-order chi connectivity index (χ1) is 6.16. The highest BCUT2D eigenvalue weighted by molar-refractivity contribution is 4.91. The van der Waals surface area contributed by atoms with Gasteiger partial charge in [0.2, 0.25) is 0 Å². The lowest BCUT2D eigenvalue weighted by Crippen LogP contribution is -2.51. The molecule has 0 amide bonds. The number of hydrogen-bond acceptors (Lipinski definition) is 2. The summed E-state index contributed by atoms with van der Waals surface area (Å²) in [6, 6.07) is 2.40. The molecule has 2 rings (SSSR count).